The molecule has 6 nitrogen and oxygen atoms in total. The van der Waals surface area contributed by atoms with E-state index < -0.39 is 0 Å². The van der Waals surface area contributed by atoms with Crippen LogP contribution in [0.2, 0.25) is 0 Å². The highest BCUT2D eigenvalue weighted by molar-refractivity contribution is 9.10. The molecular formula is C11H16BrN3O3. The summed E-state index contributed by atoms with van der Waals surface area (Å²) in [6.45, 7) is 0.826. The summed E-state index contributed by atoms with van der Waals surface area (Å²) in [7, 11) is 0. The molecule has 0 bridgehead atoms. The molecule has 0 aliphatic carbocycles. The van der Waals surface area contributed by atoms with Gasteiger partial charge in [-0.25, -0.2) is 0 Å². The van der Waals surface area contributed by atoms with Gasteiger partial charge >= 0.3 is 0 Å². The van der Waals surface area contributed by atoms with Gasteiger partial charge in [0, 0.05) is 23.1 Å². The van der Waals surface area contributed by atoms with Crippen molar-refractivity contribution >= 4 is 27.5 Å². The second-order valence-electron chi connectivity index (χ2n) is 3.59. The Morgan fingerprint density at radius 1 is 1.28 bits per heavy atom. The number of benzene rings is 1. The highest BCUT2D eigenvalue weighted by atomic mass is 79.9. The van der Waals surface area contributed by atoms with Crippen molar-refractivity contribution in [1.29, 1.82) is 0 Å². The van der Waals surface area contributed by atoms with Crippen LogP contribution in [0.5, 0.6) is 0 Å². The largest absolute Gasteiger partial charge is 0.409 e. The molecule has 5 N–H and O–H groups in total. The summed E-state index contributed by atoms with van der Waals surface area (Å²) in [6.07, 6.45) is 0. The molecule has 1 rings (SSSR count). The van der Waals surface area contributed by atoms with E-state index in [0.717, 1.165) is 10.2 Å². The molecule has 0 fully saturated rings. The van der Waals surface area contributed by atoms with Crippen molar-refractivity contribution < 1.29 is 15.4 Å². The van der Waals surface area contributed by atoms with Gasteiger partial charge in [0.05, 0.1) is 18.9 Å². The van der Waals surface area contributed by atoms with E-state index in [0.29, 0.717) is 18.7 Å². The number of rotatable bonds is 6. The number of halogens is 1. The molecule has 0 unspecified atom stereocenters. The molecule has 18 heavy (non-hydrogen) atoms. The maximum atomic E-state index is 8.99. The van der Waals surface area contributed by atoms with Crippen molar-refractivity contribution in [2.75, 3.05) is 31.2 Å². The van der Waals surface area contributed by atoms with Gasteiger partial charge in [-0.3, -0.25) is 0 Å². The molecule has 0 aliphatic rings. The molecule has 0 aliphatic heterocycles. The molecule has 1 aromatic carbocycles. The Kier molecular flexibility index (Phi) is 5.90. The maximum absolute atomic E-state index is 8.99. The Labute approximate surface area is 113 Å². The number of aliphatic hydroxyl groups is 2. The molecule has 7 heteroatoms. The van der Waals surface area contributed by atoms with Gasteiger partial charge < -0.3 is 26.1 Å². The van der Waals surface area contributed by atoms with Crippen LogP contribution in [0.15, 0.2) is 27.8 Å². The van der Waals surface area contributed by atoms with Gasteiger partial charge in [0.1, 0.15) is 0 Å². The Hall–Kier alpha value is -1.31. The Bertz CT molecular complexity index is 420. The van der Waals surface area contributed by atoms with E-state index in [4.69, 9.17) is 21.2 Å². The summed E-state index contributed by atoms with van der Waals surface area (Å²) in [5.74, 6) is 0.0260. The van der Waals surface area contributed by atoms with E-state index in [1.165, 1.54) is 0 Å². The van der Waals surface area contributed by atoms with Crippen LogP contribution in [-0.2, 0) is 0 Å². The molecule has 100 valence electrons. The number of hydrogen-bond donors (Lipinski definition) is 4. The minimum Gasteiger partial charge on any atom is -0.409 e. The lowest BCUT2D eigenvalue weighted by Crippen LogP contribution is -2.30. The Balaban J connectivity index is 3.02. The van der Waals surface area contributed by atoms with Gasteiger partial charge in [-0.15, -0.1) is 0 Å². The first kappa shape index (κ1) is 14.7. The van der Waals surface area contributed by atoms with Crippen LogP contribution in [0.3, 0.4) is 0 Å². The number of aliphatic hydroxyl groups excluding tert-OH is 2. The third-order valence-electron chi connectivity index (χ3n) is 2.43. The summed E-state index contributed by atoms with van der Waals surface area (Å²) >= 11 is 3.39. The molecule has 0 saturated heterocycles. The van der Waals surface area contributed by atoms with Gasteiger partial charge in [0.25, 0.3) is 0 Å². The van der Waals surface area contributed by atoms with Gasteiger partial charge in [0.15, 0.2) is 5.84 Å². The summed E-state index contributed by atoms with van der Waals surface area (Å²) in [5, 5.41) is 29.5. The van der Waals surface area contributed by atoms with Crippen LogP contribution >= 0.6 is 15.9 Å². The van der Waals surface area contributed by atoms with Crippen LogP contribution < -0.4 is 10.6 Å². The van der Waals surface area contributed by atoms with Gasteiger partial charge in [0.2, 0.25) is 0 Å². The number of hydrogen-bond acceptors (Lipinski definition) is 5. The maximum Gasteiger partial charge on any atom is 0.170 e. The topological polar surface area (TPSA) is 102 Å². The third kappa shape index (κ3) is 3.59. The monoisotopic (exact) mass is 317 g/mol. The lowest BCUT2D eigenvalue weighted by molar-refractivity contribution is 0.281. The van der Waals surface area contributed by atoms with Crippen LogP contribution in [0.4, 0.5) is 5.69 Å². The Morgan fingerprint density at radius 3 is 2.33 bits per heavy atom. The van der Waals surface area contributed by atoms with Crippen molar-refractivity contribution in [2.24, 2.45) is 10.9 Å². The van der Waals surface area contributed by atoms with Gasteiger partial charge in [-0.05, 0) is 34.1 Å². The molecule has 0 spiro atoms. The smallest absolute Gasteiger partial charge is 0.170 e. The second kappa shape index (κ2) is 7.20. The molecule has 0 atom stereocenters. The normalized spacial score (nSPS) is 11.6. The predicted octanol–water partition coefficient (Wildman–Crippen LogP) is 0.335. The zero-order valence-electron chi connectivity index (χ0n) is 9.75. The van der Waals surface area contributed by atoms with E-state index >= 15 is 0 Å². The number of amidine groups is 1. The lowest BCUT2D eigenvalue weighted by atomic mass is 10.2. The van der Waals surface area contributed by atoms with Crippen LogP contribution in [0.1, 0.15) is 5.56 Å². The van der Waals surface area contributed by atoms with Crippen molar-refractivity contribution in [3.05, 3.63) is 28.2 Å². The van der Waals surface area contributed by atoms with E-state index in [1.807, 2.05) is 4.90 Å². The van der Waals surface area contributed by atoms with E-state index in [-0.39, 0.29) is 19.0 Å². The first-order chi connectivity index (χ1) is 8.63. The number of anilines is 1. The van der Waals surface area contributed by atoms with Crippen LogP contribution in [-0.4, -0.2) is 47.6 Å². The van der Waals surface area contributed by atoms with Gasteiger partial charge in [-0.2, -0.15) is 0 Å². The highest BCUT2D eigenvalue weighted by Gasteiger charge is 2.11. The zero-order valence-corrected chi connectivity index (χ0v) is 11.3. The average molecular weight is 318 g/mol. The predicted molar refractivity (Wildman–Crippen MR) is 73.0 cm³/mol. The number of nitrogens with two attached hydrogens (primary N) is 1. The second-order valence-corrected chi connectivity index (χ2v) is 4.44. The summed E-state index contributed by atoms with van der Waals surface area (Å²) in [6, 6.07) is 5.20. The minimum atomic E-state index is -0.00553. The minimum absolute atomic E-state index is 0.00553. The summed E-state index contributed by atoms with van der Waals surface area (Å²) in [4.78, 5) is 1.83. The first-order valence-electron chi connectivity index (χ1n) is 5.38. The van der Waals surface area contributed by atoms with E-state index in [1.54, 1.807) is 18.2 Å². The van der Waals surface area contributed by atoms with E-state index in [2.05, 4.69) is 21.1 Å². The van der Waals surface area contributed by atoms with Crippen molar-refractivity contribution in [1.82, 2.24) is 0 Å². The zero-order chi connectivity index (χ0) is 13.5. The molecular weight excluding hydrogens is 302 g/mol. The lowest BCUT2D eigenvalue weighted by Gasteiger charge is -2.24. The standard InChI is InChI=1S/C11H16BrN3O3/c12-9-7-8(11(13)14-18)1-2-10(9)15(3-5-16)4-6-17/h1-2,7,16-18H,3-6H2,(H2,13,14). The third-order valence-corrected chi connectivity index (χ3v) is 3.07. The van der Waals surface area contributed by atoms with Crippen LogP contribution in [0.25, 0.3) is 0 Å². The first-order valence-corrected chi connectivity index (χ1v) is 6.17. The SMILES string of the molecule is N/C(=N/O)c1ccc(N(CCO)CCO)c(Br)c1. The van der Waals surface area contributed by atoms with Crippen LogP contribution in [0, 0.1) is 0 Å². The summed E-state index contributed by atoms with van der Waals surface area (Å²) < 4.78 is 0.744. The van der Waals surface area contributed by atoms with E-state index in [9.17, 15) is 0 Å². The van der Waals surface area contributed by atoms with Crippen molar-refractivity contribution in [3.8, 4) is 0 Å². The molecule has 0 heterocycles. The molecule has 0 amide bonds. The molecule has 0 saturated carbocycles. The number of oxime groups is 1. The quantitative estimate of drug-likeness (QED) is 0.262. The molecule has 0 radical (unpaired) electrons. The van der Waals surface area contributed by atoms with Crippen molar-refractivity contribution in [3.63, 3.8) is 0 Å². The number of nitrogens with zero attached hydrogens (tertiary/aromatic N) is 2. The fourth-order valence-corrected chi connectivity index (χ4v) is 2.20. The van der Waals surface area contributed by atoms with Gasteiger partial charge in [-0.1, -0.05) is 5.16 Å². The molecule has 1 aromatic rings. The fraction of sp³-hybridized carbons (Fsp3) is 0.364. The van der Waals surface area contributed by atoms with Crippen molar-refractivity contribution in [2.45, 2.75) is 0 Å². The Morgan fingerprint density at radius 2 is 1.89 bits per heavy atom. The fourth-order valence-electron chi connectivity index (χ4n) is 1.57. The molecule has 0 aromatic heterocycles. The highest BCUT2D eigenvalue weighted by Crippen LogP contribution is 2.27. The average Bonchev–Trinajstić information content (AvgIpc) is 2.37. The summed E-state index contributed by atoms with van der Waals surface area (Å²) in [5.41, 5.74) is 6.90.